The average Bonchev–Trinajstić information content (AvgIpc) is 3.00. The van der Waals surface area contributed by atoms with Crippen molar-refractivity contribution < 1.29 is 0 Å². The summed E-state index contributed by atoms with van der Waals surface area (Å²) < 4.78 is 0. The number of aryl methyl sites for hydroxylation is 1. The number of nitrogen functional groups attached to an aromatic ring is 1. The number of benzene rings is 1. The van der Waals surface area contributed by atoms with Crippen LogP contribution in [0.25, 0.3) is 0 Å². The molecule has 2 N–H and O–H groups in total. The Balaban J connectivity index is 1.74. The van der Waals surface area contributed by atoms with E-state index in [2.05, 4.69) is 46.1 Å². The summed E-state index contributed by atoms with van der Waals surface area (Å²) >= 11 is 1.75. The summed E-state index contributed by atoms with van der Waals surface area (Å²) in [6.07, 6.45) is 4.88. The summed E-state index contributed by atoms with van der Waals surface area (Å²) in [5, 5.41) is 0. The molecule has 0 amide bonds. The van der Waals surface area contributed by atoms with Gasteiger partial charge in [-0.1, -0.05) is 31.0 Å². The Morgan fingerprint density at radius 2 is 1.90 bits per heavy atom. The van der Waals surface area contributed by atoms with Crippen LogP contribution in [0, 0.1) is 6.92 Å². The van der Waals surface area contributed by atoms with Crippen molar-refractivity contribution in [1.29, 1.82) is 0 Å². The zero-order valence-electron chi connectivity index (χ0n) is 12.2. The van der Waals surface area contributed by atoms with Gasteiger partial charge in [-0.15, -0.1) is 11.8 Å². The summed E-state index contributed by atoms with van der Waals surface area (Å²) in [5.41, 5.74) is 7.13. The molecule has 1 saturated carbocycles. The van der Waals surface area contributed by atoms with Gasteiger partial charge in [0.25, 0.3) is 0 Å². The van der Waals surface area contributed by atoms with Crippen LogP contribution in [0.4, 0.5) is 5.95 Å². The Labute approximate surface area is 129 Å². The molecule has 0 spiro atoms. The van der Waals surface area contributed by atoms with Gasteiger partial charge in [0.05, 0.1) is 5.75 Å². The van der Waals surface area contributed by atoms with Crippen LogP contribution in [0.5, 0.6) is 0 Å². The molecule has 0 bridgehead atoms. The molecule has 1 aliphatic carbocycles. The Hall–Kier alpha value is -1.62. The molecule has 0 atom stereocenters. The van der Waals surface area contributed by atoms with Crippen LogP contribution >= 0.6 is 11.8 Å². The minimum atomic E-state index is 0.354. The minimum Gasteiger partial charge on any atom is -0.368 e. The van der Waals surface area contributed by atoms with Gasteiger partial charge in [0.15, 0.2) is 0 Å². The van der Waals surface area contributed by atoms with Gasteiger partial charge in [-0.3, -0.25) is 0 Å². The Bertz CT molecular complexity index is 623. The van der Waals surface area contributed by atoms with E-state index in [-0.39, 0.29) is 0 Å². The molecular formula is C16H20N4S. The Morgan fingerprint density at radius 3 is 2.67 bits per heavy atom. The average molecular weight is 300 g/mol. The number of nitrogens with zero attached hydrogens (tertiary/aromatic N) is 3. The predicted molar refractivity (Wildman–Crippen MR) is 86.2 cm³/mol. The van der Waals surface area contributed by atoms with Gasteiger partial charge in [-0.05, 0) is 31.4 Å². The summed E-state index contributed by atoms with van der Waals surface area (Å²) in [6, 6.07) is 8.36. The van der Waals surface area contributed by atoms with Crippen LogP contribution < -0.4 is 5.73 Å². The highest BCUT2D eigenvalue weighted by molar-refractivity contribution is 7.98. The number of thioether (sulfide) groups is 1. The van der Waals surface area contributed by atoms with Crippen molar-refractivity contribution in [3.8, 4) is 0 Å². The van der Waals surface area contributed by atoms with Crippen LogP contribution in [0.1, 0.15) is 48.8 Å². The number of hydrogen-bond acceptors (Lipinski definition) is 5. The first-order valence-electron chi connectivity index (χ1n) is 7.41. The van der Waals surface area contributed by atoms with Crippen molar-refractivity contribution in [2.45, 2.75) is 49.2 Å². The van der Waals surface area contributed by atoms with Crippen LogP contribution in [-0.2, 0) is 5.75 Å². The van der Waals surface area contributed by atoms with E-state index in [1.54, 1.807) is 11.8 Å². The molecule has 1 aromatic heterocycles. The largest absolute Gasteiger partial charge is 0.368 e. The fourth-order valence-electron chi connectivity index (χ4n) is 2.75. The van der Waals surface area contributed by atoms with E-state index in [4.69, 9.17) is 5.73 Å². The molecule has 0 aliphatic heterocycles. The van der Waals surface area contributed by atoms with Crippen LogP contribution in [0.2, 0.25) is 0 Å². The summed E-state index contributed by atoms with van der Waals surface area (Å²) in [6.45, 7) is 2.12. The third-order valence-corrected chi connectivity index (χ3v) is 5.06. The van der Waals surface area contributed by atoms with Crippen molar-refractivity contribution in [1.82, 2.24) is 15.0 Å². The molecule has 0 radical (unpaired) electrons. The second kappa shape index (κ2) is 6.43. The molecule has 110 valence electrons. The second-order valence-electron chi connectivity index (χ2n) is 5.50. The summed E-state index contributed by atoms with van der Waals surface area (Å²) in [4.78, 5) is 14.5. The van der Waals surface area contributed by atoms with E-state index < -0.39 is 0 Å². The van der Waals surface area contributed by atoms with E-state index in [1.165, 1.54) is 36.1 Å². The molecule has 0 saturated heterocycles. The van der Waals surface area contributed by atoms with Crippen molar-refractivity contribution in [3.05, 3.63) is 41.5 Å². The zero-order valence-corrected chi connectivity index (χ0v) is 13.1. The van der Waals surface area contributed by atoms with Gasteiger partial charge >= 0.3 is 0 Å². The first kappa shape index (κ1) is 14.3. The maximum absolute atomic E-state index is 5.85. The first-order chi connectivity index (χ1) is 10.2. The lowest BCUT2D eigenvalue weighted by Crippen LogP contribution is -2.09. The lowest BCUT2D eigenvalue weighted by Gasteiger charge is -2.10. The second-order valence-corrected chi connectivity index (χ2v) is 6.52. The number of rotatable bonds is 4. The number of aromatic nitrogens is 3. The lowest BCUT2D eigenvalue weighted by atomic mass is 10.1. The Kier molecular flexibility index (Phi) is 4.39. The van der Waals surface area contributed by atoms with Gasteiger partial charge in [0, 0.05) is 10.8 Å². The number of anilines is 1. The van der Waals surface area contributed by atoms with Gasteiger partial charge in [-0.2, -0.15) is 9.97 Å². The maximum Gasteiger partial charge on any atom is 0.223 e. The molecule has 5 heteroatoms. The summed E-state index contributed by atoms with van der Waals surface area (Å²) in [7, 11) is 0. The van der Waals surface area contributed by atoms with Crippen LogP contribution in [0.3, 0.4) is 0 Å². The normalized spacial score (nSPS) is 15.5. The number of nitrogens with two attached hydrogens (primary N) is 1. The molecule has 0 unspecified atom stereocenters. The highest BCUT2D eigenvalue weighted by Gasteiger charge is 2.21. The van der Waals surface area contributed by atoms with Crippen molar-refractivity contribution in [3.63, 3.8) is 0 Å². The molecule has 3 rings (SSSR count). The number of hydrogen-bond donors (Lipinski definition) is 1. The highest BCUT2D eigenvalue weighted by atomic mass is 32.2. The zero-order chi connectivity index (χ0) is 14.7. The van der Waals surface area contributed by atoms with Gasteiger partial charge in [-0.25, -0.2) is 4.98 Å². The molecule has 4 nitrogen and oxygen atoms in total. The van der Waals surface area contributed by atoms with Crippen molar-refractivity contribution >= 4 is 17.7 Å². The summed E-state index contributed by atoms with van der Waals surface area (Å²) in [5.74, 6) is 3.24. The van der Waals surface area contributed by atoms with Gasteiger partial charge < -0.3 is 5.73 Å². The van der Waals surface area contributed by atoms with E-state index in [0.29, 0.717) is 11.9 Å². The van der Waals surface area contributed by atoms with Crippen LogP contribution in [0.15, 0.2) is 29.2 Å². The van der Waals surface area contributed by atoms with E-state index >= 15 is 0 Å². The molecule has 21 heavy (non-hydrogen) atoms. The van der Waals surface area contributed by atoms with E-state index in [0.717, 1.165) is 17.4 Å². The van der Waals surface area contributed by atoms with Crippen molar-refractivity contribution in [2.75, 3.05) is 5.73 Å². The quantitative estimate of drug-likeness (QED) is 0.872. The fourth-order valence-corrected chi connectivity index (χ4v) is 3.63. The molecule has 1 aromatic carbocycles. The van der Waals surface area contributed by atoms with Gasteiger partial charge in [0.1, 0.15) is 11.6 Å². The van der Waals surface area contributed by atoms with Crippen LogP contribution in [-0.4, -0.2) is 15.0 Å². The fraction of sp³-hybridized carbons (Fsp3) is 0.438. The Morgan fingerprint density at radius 1 is 1.14 bits per heavy atom. The van der Waals surface area contributed by atoms with Gasteiger partial charge in [0.2, 0.25) is 5.95 Å². The standard InChI is InChI=1S/C16H20N4S/c1-11-6-2-5-9-13(11)21-10-14-18-15(20-16(17)19-14)12-7-3-4-8-12/h2,5-6,9,12H,3-4,7-8,10H2,1H3,(H2,17,18,19,20). The van der Waals surface area contributed by atoms with E-state index in [1.807, 2.05) is 0 Å². The monoisotopic (exact) mass is 300 g/mol. The first-order valence-corrected chi connectivity index (χ1v) is 8.39. The van der Waals surface area contributed by atoms with E-state index in [9.17, 15) is 0 Å². The smallest absolute Gasteiger partial charge is 0.223 e. The topological polar surface area (TPSA) is 64.7 Å². The predicted octanol–water partition coefficient (Wildman–Crippen LogP) is 3.71. The van der Waals surface area contributed by atoms with Crippen molar-refractivity contribution in [2.24, 2.45) is 0 Å². The molecule has 1 aliphatic rings. The maximum atomic E-state index is 5.85. The third-order valence-electron chi connectivity index (χ3n) is 3.89. The SMILES string of the molecule is Cc1ccccc1SCc1nc(N)nc(C2CCCC2)n1. The molecule has 2 aromatic rings. The molecule has 1 fully saturated rings. The third kappa shape index (κ3) is 3.53. The minimum absolute atomic E-state index is 0.354. The highest BCUT2D eigenvalue weighted by Crippen LogP contribution is 2.32. The molecular weight excluding hydrogens is 280 g/mol. The molecule has 1 heterocycles. The lowest BCUT2D eigenvalue weighted by molar-refractivity contribution is 0.657.